The van der Waals surface area contributed by atoms with Crippen LogP contribution in [0, 0.1) is 0 Å². The molecule has 0 radical (unpaired) electrons. The zero-order chi connectivity index (χ0) is 16.2. The van der Waals surface area contributed by atoms with Crippen molar-refractivity contribution in [2.45, 2.75) is 13.0 Å². The fourth-order valence-electron chi connectivity index (χ4n) is 1.65. The molecule has 0 spiro atoms. The highest BCUT2D eigenvalue weighted by Crippen LogP contribution is 2.20. The number of rotatable bonds is 5. The van der Waals surface area contributed by atoms with Gasteiger partial charge in [-0.3, -0.25) is 0 Å². The Hall–Kier alpha value is -1.80. The summed E-state index contributed by atoms with van der Waals surface area (Å²) < 4.78 is 22.2. The third kappa shape index (κ3) is 6.01. The van der Waals surface area contributed by atoms with E-state index in [0.717, 1.165) is 6.26 Å². The molecule has 3 N–H and O–H groups in total. The van der Waals surface area contributed by atoms with Crippen molar-refractivity contribution in [3.63, 3.8) is 0 Å². The monoisotopic (exact) mass is 334 g/mol. The first-order chi connectivity index (χ1) is 9.58. The number of hydrogen-bond acceptors (Lipinski definition) is 4. The smallest absolute Gasteiger partial charge is 0.337 e. The van der Waals surface area contributed by atoms with E-state index in [-0.39, 0.29) is 16.3 Å². The summed E-state index contributed by atoms with van der Waals surface area (Å²) in [5.41, 5.74) is 0.224. The molecule has 116 valence electrons. The number of carbonyl (C=O) groups is 2. The Bertz CT molecular complexity index is 660. The van der Waals surface area contributed by atoms with Gasteiger partial charge in [-0.05, 0) is 25.1 Å². The van der Waals surface area contributed by atoms with Crippen LogP contribution in [0.1, 0.15) is 17.3 Å². The fourth-order valence-corrected chi connectivity index (χ4v) is 2.91. The largest absolute Gasteiger partial charge is 0.478 e. The Morgan fingerprint density at radius 2 is 2.00 bits per heavy atom. The molecule has 1 unspecified atom stereocenters. The highest BCUT2D eigenvalue weighted by Gasteiger charge is 2.14. The van der Waals surface area contributed by atoms with Crippen molar-refractivity contribution in [1.29, 1.82) is 0 Å². The molecule has 0 heterocycles. The van der Waals surface area contributed by atoms with Gasteiger partial charge in [-0.15, -0.1) is 0 Å². The summed E-state index contributed by atoms with van der Waals surface area (Å²) in [5, 5.41) is 13.7. The lowest BCUT2D eigenvalue weighted by Crippen LogP contribution is -2.39. The Balaban J connectivity index is 2.67. The number of nitrogens with one attached hydrogen (secondary N) is 2. The number of carboxylic acid groups (broad SMARTS) is 1. The van der Waals surface area contributed by atoms with Crippen LogP contribution in [0.3, 0.4) is 0 Å². The van der Waals surface area contributed by atoms with Gasteiger partial charge >= 0.3 is 12.0 Å². The molecular weight excluding hydrogens is 320 g/mol. The van der Waals surface area contributed by atoms with Crippen LogP contribution in [0.2, 0.25) is 5.02 Å². The van der Waals surface area contributed by atoms with Gasteiger partial charge in [0.2, 0.25) is 0 Å². The van der Waals surface area contributed by atoms with Gasteiger partial charge in [0.05, 0.1) is 16.3 Å². The molecule has 21 heavy (non-hydrogen) atoms. The second-order valence-electron chi connectivity index (χ2n) is 4.59. The number of benzene rings is 1. The summed E-state index contributed by atoms with van der Waals surface area (Å²) in [6.07, 6.45) is 1.08. The normalized spacial score (nSPS) is 12.5. The summed E-state index contributed by atoms with van der Waals surface area (Å²) >= 11 is 5.77. The van der Waals surface area contributed by atoms with Crippen molar-refractivity contribution in [3.05, 3.63) is 28.8 Å². The SMILES string of the molecule is CC(CS(C)(=O)=O)NC(=O)Nc1ccc(C(=O)O)c(Cl)c1. The molecule has 7 nitrogen and oxygen atoms in total. The van der Waals surface area contributed by atoms with Crippen LogP contribution in [0.4, 0.5) is 10.5 Å². The summed E-state index contributed by atoms with van der Waals surface area (Å²) in [6, 6.07) is 2.78. The molecule has 0 saturated heterocycles. The Morgan fingerprint density at radius 1 is 1.38 bits per heavy atom. The molecule has 0 aliphatic heterocycles. The third-order valence-corrected chi connectivity index (χ3v) is 3.81. The molecule has 0 bridgehead atoms. The van der Waals surface area contributed by atoms with Crippen LogP contribution in [-0.4, -0.2) is 43.6 Å². The highest BCUT2D eigenvalue weighted by molar-refractivity contribution is 7.90. The van der Waals surface area contributed by atoms with Crippen molar-refractivity contribution < 1.29 is 23.1 Å². The molecule has 0 saturated carbocycles. The van der Waals surface area contributed by atoms with Crippen molar-refractivity contribution in [1.82, 2.24) is 5.32 Å². The van der Waals surface area contributed by atoms with Crippen molar-refractivity contribution in [3.8, 4) is 0 Å². The van der Waals surface area contributed by atoms with E-state index in [2.05, 4.69) is 10.6 Å². The number of aromatic carboxylic acids is 1. The number of anilines is 1. The van der Waals surface area contributed by atoms with Crippen LogP contribution < -0.4 is 10.6 Å². The van der Waals surface area contributed by atoms with Gasteiger partial charge < -0.3 is 15.7 Å². The first kappa shape index (κ1) is 17.3. The van der Waals surface area contributed by atoms with E-state index < -0.39 is 27.9 Å². The van der Waals surface area contributed by atoms with Gasteiger partial charge in [-0.2, -0.15) is 0 Å². The van der Waals surface area contributed by atoms with Crippen LogP contribution in [-0.2, 0) is 9.84 Å². The Morgan fingerprint density at radius 3 is 2.48 bits per heavy atom. The third-order valence-electron chi connectivity index (χ3n) is 2.39. The summed E-state index contributed by atoms with van der Waals surface area (Å²) in [5.74, 6) is -1.35. The number of urea groups is 1. The fraction of sp³-hybridized carbons (Fsp3) is 0.333. The topological polar surface area (TPSA) is 113 Å². The van der Waals surface area contributed by atoms with Crippen LogP contribution >= 0.6 is 11.6 Å². The lowest BCUT2D eigenvalue weighted by molar-refractivity contribution is 0.0697. The standard InChI is InChI=1S/C12H15ClN2O5S/c1-7(6-21(2,19)20)14-12(18)15-8-3-4-9(11(16)17)10(13)5-8/h3-5,7H,6H2,1-2H3,(H,16,17)(H2,14,15,18). The predicted molar refractivity (Wildman–Crippen MR) is 79.7 cm³/mol. The summed E-state index contributed by atoms with van der Waals surface area (Å²) in [4.78, 5) is 22.5. The second kappa shape index (κ2) is 6.77. The summed E-state index contributed by atoms with van der Waals surface area (Å²) in [7, 11) is -3.19. The molecule has 1 aromatic carbocycles. The second-order valence-corrected chi connectivity index (χ2v) is 7.18. The highest BCUT2D eigenvalue weighted by atomic mass is 35.5. The molecule has 0 fully saturated rings. The minimum absolute atomic E-state index is 0.00974. The minimum Gasteiger partial charge on any atom is -0.478 e. The van der Waals surface area contributed by atoms with Gasteiger partial charge in [0.15, 0.2) is 0 Å². The maximum Gasteiger partial charge on any atom is 0.337 e. The molecule has 2 amide bonds. The number of halogens is 1. The van der Waals surface area contributed by atoms with Gasteiger partial charge in [0.25, 0.3) is 0 Å². The first-order valence-electron chi connectivity index (χ1n) is 5.86. The first-order valence-corrected chi connectivity index (χ1v) is 8.30. The average molecular weight is 335 g/mol. The average Bonchev–Trinajstić information content (AvgIpc) is 2.24. The van der Waals surface area contributed by atoms with Crippen molar-refractivity contribution in [2.75, 3.05) is 17.3 Å². The van der Waals surface area contributed by atoms with Gasteiger partial charge in [0.1, 0.15) is 9.84 Å². The van der Waals surface area contributed by atoms with E-state index in [0.29, 0.717) is 5.69 Å². The van der Waals surface area contributed by atoms with Gasteiger partial charge in [-0.25, -0.2) is 18.0 Å². The number of carboxylic acids is 1. The maximum absolute atomic E-state index is 11.7. The quantitative estimate of drug-likeness (QED) is 0.757. The lowest BCUT2D eigenvalue weighted by atomic mass is 10.2. The Labute approximate surface area is 127 Å². The minimum atomic E-state index is -3.19. The van der Waals surface area contributed by atoms with Gasteiger partial charge in [0, 0.05) is 18.0 Å². The van der Waals surface area contributed by atoms with Crippen LogP contribution in [0.25, 0.3) is 0 Å². The number of sulfone groups is 1. The van der Waals surface area contributed by atoms with E-state index in [9.17, 15) is 18.0 Å². The zero-order valence-electron chi connectivity index (χ0n) is 11.4. The van der Waals surface area contributed by atoms with Gasteiger partial charge in [-0.1, -0.05) is 11.6 Å². The molecule has 0 aliphatic carbocycles. The van der Waals surface area contributed by atoms with Crippen LogP contribution in [0.15, 0.2) is 18.2 Å². The molecule has 1 aromatic rings. The molecule has 0 aliphatic rings. The molecule has 9 heteroatoms. The van der Waals surface area contributed by atoms with E-state index >= 15 is 0 Å². The summed E-state index contributed by atoms with van der Waals surface area (Å²) in [6.45, 7) is 1.56. The van der Waals surface area contributed by atoms with E-state index in [1.54, 1.807) is 6.92 Å². The predicted octanol–water partition coefficient (Wildman–Crippen LogP) is 1.59. The number of carbonyl (C=O) groups excluding carboxylic acids is 1. The molecule has 1 atom stereocenters. The maximum atomic E-state index is 11.7. The van der Waals surface area contributed by atoms with Crippen molar-refractivity contribution in [2.24, 2.45) is 0 Å². The lowest BCUT2D eigenvalue weighted by Gasteiger charge is -2.14. The Kier molecular flexibility index (Phi) is 5.56. The molecule has 0 aromatic heterocycles. The van der Waals surface area contributed by atoms with E-state index in [4.69, 9.17) is 16.7 Å². The van der Waals surface area contributed by atoms with E-state index in [1.807, 2.05) is 0 Å². The molecule has 1 rings (SSSR count). The molecular formula is C12H15ClN2O5S. The van der Waals surface area contributed by atoms with Crippen LogP contribution in [0.5, 0.6) is 0 Å². The van der Waals surface area contributed by atoms with Crippen molar-refractivity contribution >= 4 is 39.1 Å². The zero-order valence-corrected chi connectivity index (χ0v) is 13.0. The van der Waals surface area contributed by atoms with E-state index in [1.165, 1.54) is 18.2 Å². The number of hydrogen-bond donors (Lipinski definition) is 3. The number of amides is 2.